The van der Waals surface area contributed by atoms with Gasteiger partial charge in [0.25, 0.3) is 0 Å². The molecule has 0 saturated carbocycles. The highest BCUT2D eigenvalue weighted by Crippen LogP contribution is 2.45. The molecule has 0 fully saturated rings. The number of aromatic nitrogens is 1. The second kappa shape index (κ2) is 9.45. The van der Waals surface area contributed by atoms with Crippen LogP contribution in [0.1, 0.15) is 40.3 Å². The molecule has 0 spiro atoms. The molecule has 42 heavy (non-hydrogen) atoms. The summed E-state index contributed by atoms with van der Waals surface area (Å²) < 4.78 is 2.53. The summed E-state index contributed by atoms with van der Waals surface area (Å²) >= 11 is 1.92. The van der Waals surface area contributed by atoms with Crippen molar-refractivity contribution in [1.29, 1.82) is 0 Å². The first-order valence-corrected chi connectivity index (χ1v) is 15.6. The summed E-state index contributed by atoms with van der Waals surface area (Å²) in [6.07, 6.45) is 6.89. The second-order valence-corrected chi connectivity index (χ2v) is 12.5. The average Bonchev–Trinajstić information content (AvgIpc) is 3.59. The van der Waals surface area contributed by atoms with Gasteiger partial charge >= 0.3 is 0 Å². The van der Waals surface area contributed by atoms with E-state index in [2.05, 4.69) is 143 Å². The lowest BCUT2D eigenvalue weighted by atomic mass is 9.89. The molecule has 3 N–H and O–H groups in total. The van der Waals surface area contributed by atoms with Gasteiger partial charge in [-0.1, -0.05) is 97.1 Å². The molecule has 2 aliphatic rings. The maximum Gasteiger partial charge on any atom is 0.246 e. The highest BCUT2D eigenvalue weighted by molar-refractivity contribution is 7.17. The normalized spacial score (nSPS) is 17.8. The van der Waals surface area contributed by atoms with E-state index in [1.54, 1.807) is 0 Å². The summed E-state index contributed by atoms with van der Waals surface area (Å²) in [7, 11) is 0. The van der Waals surface area contributed by atoms with Gasteiger partial charge in [-0.25, -0.2) is 0 Å². The Balaban J connectivity index is 1.26. The van der Waals surface area contributed by atoms with E-state index in [0.717, 1.165) is 12.8 Å². The van der Waals surface area contributed by atoms with Crippen molar-refractivity contribution < 1.29 is 5.32 Å². The number of hydrogen-bond acceptors (Lipinski definition) is 2. The third-order valence-corrected chi connectivity index (χ3v) is 10.2. The Morgan fingerprint density at radius 3 is 2.40 bits per heavy atom. The van der Waals surface area contributed by atoms with Crippen LogP contribution in [0.25, 0.3) is 49.8 Å². The molecule has 2 atom stereocenters. The van der Waals surface area contributed by atoms with Crippen LogP contribution in [-0.4, -0.2) is 4.57 Å². The minimum Gasteiger partial charge on any atom is -0.309 e. The van der Waals surface area contributed by atoms with Gasteiger partial charge in [0.2, 0.25) is 6.29 Å². The lowest BCUT2D eigenvalue weighted by molar-refractivity contribution is -0.735. The summed E-state index contributed by atoms with van der Waals surface area (Å²) in [5.41, 5.74) is 9.39. The second-order valence-electron chi connectivity index (χ2n) is 11.5. The molecule has 2 aromatic heterocycles. The fourth-order valence-electron chi connectivity index (χ4n) is 7.16. The van der Waals surface area contributed by atoms with E-state index in [1.165, 1.54) is 70.3 Å². The maximum absolute atomic E-state index is 4.03. The highest BCUT2D eigenvalue weighted by Gasteiger charge is 2.38. The van der Waals surface area contributed by atoms with Crippen LogP contribution in [-0.2, 0) is 6.42 Å². The van der Waals surface area contributed by atoms with Crippen LogP contribution in [0.2, 0.25) is 0 Å². The number of para-hydroxylation sites is 1. The number of nitrogens with zero attached hydrogens (tertiary/aromatic N) is 1. The van der Waals surface area contributed by atoms with Gasteiger partial charge in [0.1, 0.15) is 11.0 Å². The molecule has 0 amide bonds. The van der Waals surface area contributed by atoms with Crippen molar-refractivity contribution in [3.05, 3.63) is 143 Å². The monoisotopic (exact) mass is 560 g/mol. The minimum atomic E-state index is 0.00975. The minimum absolute atomic E-state index is 0.00975. The van der Waals surface area contributed by atoms with Crippen molar-refractivity contribution in [2.75, 3.05) is 5.32 Å². The van der Waals surface area contributed by atoms with Gasteiger partial charge in [0, 0.05) is 21.2 Å². The van der Waals surface area contributed by atoms with Crippen molar-refractivity contribution in [2.24, 2.45) is 0 Å². The molecule has 1 aliphatic carbocycles. The third-order valence-electron chi connectivity index (χ3n) is 9.08. The number of anilines is 1. The Bertz CT molecular complexity index is 2170. The highest BCUT2D eigenvalue weighted by atomic mass is 32.1. The number of quaternary nitrogens is 1. The number of nitrogens with two attached hydrogens (primary N) is 1. The molecule has 7 aromatic rings. The zero-order chi connectivity index (χ0) is 27.6. The van der Waals surface area contributed by atoms with E-state index in [-0.39, 0.29) is 12.3 Å². The predicted octanol–water partition coefficient (Wildman–Crippen LogP) is 8.87. The Morgan fingerprint density at radius 1 is 0.714 bits per heavy atom. The van der Waals surface area contributed by atoms with Gasteiger partial charge in [-0.05, 0) is 70.6 Å². The van der Waals surface area contributed by atoms with Crippen molar-refractivity contribution in [1.82, 2.24) is 4.57 Å². The lowest BCUT2D eigenvalue weighted by Crippen LogP contribution is -2.90. The van der Waals surface area contributed by atoms with Crippen molar-refractivity contribution in [2.45, 2.75) is 25.2 Å². The number of nitrogens with one attached hydrogen (secondary N) is 1. The Kier molecular flexibility index (Phi) is 5.40. The molecule has 9 rings (SSSR count). The lowest BCUT2D eigenvalue weighted by Gasteiger charge is -2.32. The van der Waals surface area contributed by atoms with E-state index in [4.69, 9.17) is 0 Å². The molecule has 4 heteroatoms. The molecule has 0 bridgehead atoms. The molecule has 2 unspecified atom stereocenters. The number of rotatable bonds is 3. The van der Waals surface area contributed by atoms with Crippen molar-refractivity contribution in [3.63, 3.8) is 0 Å². The van der Waals surface area contributed by atoms with E-state index < -0.39 is 0 Å². The molecule has 1 aliphatic heterocycles. The summed E-state index contributed by atoms with van der Waals surface area (Å²) in [5.74, 6) is 0. The Hall–Kier alpha value is -4.64. The molecular formula is C38H30N3S+. The fourth-order valence-corrected chi connectivity index (χ4v) is 8.42. The first-order valence-electron chi connectivity index (χ1n) is 14.8. The molecule has 3 nitrogen and oxygen atoms in total. The van der Waals surface area contributed by atoms with Gasteiger partial charge < -0.3 is 5.32 Å². The first kappa shape index (κ1) is 24.0. The molecule has 3 heterocycles. The van der Waals surface area contributed by atoms with Crippen molar-refractivity contribution >= 4 is 55.0 Å². The standard InChI is InChI=1S/C38H29N3S/c1-2-11-24(12-3-1)25-15-10-16-28(21-25)36-35-30-18-7-9-20-34(30)42-37(35)40-38(39-36)41-32-19-8-6-17-29(32)31-22-26-13-4-5-14-27(26)23-33(31)41/h1-6,8-17,19-23,36,38-40H,7,18H2/p+1. The largest absolute Gasteiger partial charge is 0.309 e. The van der Waals surface area contributed by atoms with Crippen molar-refractivity contribution in [3.8, 4) is 11.1 Å². The number of allylic oxidation sites excluding steroid dienone is 1. The van der Waals surface area contributed by atoms with E-state index in [9.17, 15) is 0 Å². The SMILES string of the molecule is C1=Cc2sc3c(c2CC1)C(c1cccc(-c2ccccc2)c1)[NH2+]C(n1c2ccccc2c2cc4ccccc4cc21)N3. The van der Waals surface area contributed by atoms with E-state index in [0.29, 0.717) is 0 Å². The summed E-state index contributed by atoms with van der Waals surface area (Å²) in [6, 6.07) is 42.5. The number of benzene rings is 5. The van der Waals surface area contributed by atoms with Crippen LogP contribution in [0.5, 0.6) is 0 Å². The topological polar surface area (TPSA) is 33.6 Å². The van der Waals surface area contributed by atoms with Gasteiger partial charge in [0.15, 0.2) is 0 Å². The summed E-state index contributed by atoms with van der Waals surface area (Å²) in [4.78, 5) is 1.41. The van der Waals surface area contributed by atoms with Crippen LogP contribution in [0.3, 0.4) is 0 Å². The molecule has 0 radical (unpaired) electrons. The molecule has 5 aromatic carbocycles. The maximum atomic E-state index is 4.03. The van der Waals surface area contributed by atoms with E-state index >= 15 is 0 Å². The van der Waals surface area contributed by atoms with Crippen LogP contribution >= 0.6 is 11.3 Å². The number of hydrogen-bond donors (Lipinski definition) is 2. The molecule has 0 saturated heterocycles. The van der Waals surface area contributed by atoms with Gasteiger partial charge in [0.05, 0.1) is 16.6 Å². The summed E-state index contributed by atoms with van der Waals surface area (Å²) in [6.45, 7) is 0. The predicted molar refractivity (Wildman–Crippen MR) is 177 cm³/mol. The number of fused-ring (bicyclic) bond motifs is 7. The van der Waals surface area contributed by atoms with Gasteiger partial charge in [-0.3, -0.25) is 9.88 Å². The van der Waals surface area contributed by atoms with E-state index in [1.807, 2.05) is 11.3 Å². The quantitative estimate of drug-likeness (QED) is 0.222. The van der Waals surface area contributed by atoms with Gasteiger partial charge in [-0.2, -0.15) is 0 Å². The molecular weight excluding hydrogens is 531 g/mol. The van der Waals surface area contributed by atoms with Crippen LogP contribution in [0.15, 0.2) is 121 Å². The zero-order valence-electron chi connectivity index (χ0n) is 23.1. The first-order chi connectivity index (χ1) is 20.8. The average molecular weight is 561 g/mol. The van der Waals surface area contributed by atoms with Crippen LogP contribution < -0.4 is 10.6 Å². The fraction of sp³-hybridized carbons (Fsp3) is 0.105. The van der Waals surface area contributed by atoms with Gasteiger partial charge in [-0.15, -0.1) is 11.3 Å². The number of thiophene rings is 1. The zero-order valence-corrected chi connectivity index (χ0v) is 23.9. The van der Waals surface area contributed by atoms with Crippen LogP contribution in [0, 0.1) is 0 Å². The molecule has 202 valence electrons. The Morgan fingerprint density at radius 2 is 1.50 bits per heavy atom. The smallest absolute Gasteiger partial charge is 0.246 e. The van der Waals surface area contributed by atoms with Crippen LogP contribution in [0.4, 0.5) is 5.00 Å². The third kappa shape index (κ3) is 3.69. The Labute approximate surface area is 248 Å². The summed E-state index contributed by atoms with van der Waals surface area (Å²) in [5, 5.41) is 13.0.